The second-order valence-corrected chi connectivity index (χ2v) is 5.47. The van der Waals surface area contributed by atoms with Crippen LogP contribution in [0.2, 0.25) is 0 Å². The second kappa shape index (κ2) is 7.04. The maximum Gasteiger partial charge on any atom is 0.224 e. The predicted octanol–water partition coefficient (Wildman–Crippen LogP) is 2.37. The zero-order chi connectivity index (χ0) is 12.0. The van der Waals surface area contributed by atoms with E-state index in [9.17, 15) is 4.79 Å². The van der Waals surface area contributed by atoms with Crippen molar-refractivity contribution in [2.45, 2.75) is 20.4 Å². The predicted molar refractivity (Wildman–Crippen MR) is 71.6 cm³/mol. The van der Waals surface area contributed by atoms with Crippen LogP contribution >= 0.6 is 27.3 Å². The van der Waals surface area contributed by atoms with Crippen LogP contribution in [0.15, 0.2) is 15.9 Å². The Labute approximate surface area is 109 Å². The Kier molecular flexibility index (Phi) is 6.01. The van der Waals surface area contributed by atoms with Gasteiger partial charge in [0.1, 0.15) is 0 Å². The van der Waals surface area contributed by atoms with E-state index in [0.29, 0.717) is 6.54 Å². The SMILES string of the molecule is CCNCC(C)C(=O)NCc1sccc1Br. The third kappa shape index (κ3) is 4.23. The molecule has 3 nitrogen and oxygen atoms in total. The van der Waals surface area contributed by atoms with Gasteiger partial charge in [-0.1, -0.05) is 13.8 Å². The molecular formula is C11H17BrN2OS. The van der Waals surface area contributed by atoms with Crippen molar-refractivity contribution >= 4 is 33.2 Å². The van der Waals surface area contributed by atoms with Crippen LogP contribution in [0, 0.1) is 5.92 Å². The van der Waals surface area contributed by atoms with Crippen molar-refractivity contribution in [1.82, 2.24) is 10.6 Å². The first-order valence-electron chi connectivity index (χ1n) is 5.35. The van der Waals surface area contributed by atoms with Gasteiger partial charge in [-0.2, -0.15) is 0 Å². The first kappa shape index (κ1) is 13.7. The summed E-state index contributed by atoms with van der Waals surface area (Å²) >= 11 is 5.09. The van der Waals surface area contributed by atoms with Crippen LogP contribution in [0.5, 0.6) is 0 Å². The molecule has 0 saturated heterocycles. The monoisotopic (exact) mass is 304 g/mol. The lowest BCUT2D eigenvalue weighted by Crippen LogP contribution is -2.34. The molecule has 0 fully saturated rings. The van der Waals surface area contributed by atoms with Gasteiger partial charge < -0.3 is 10.6 Å². The van der Waals surface area contributed by atoms with Crippen molar-refractivity contribution in [2.75, 3.05) is 13.1 Å². The van der Waals surface area contributed by atoms with E-state index in [1.807, 2.05) is 25.3 Å². The van der Waals surface area contributed by atoms with Crippen LogP contribution in [0.1, 0.15) is 18.7 Å². The molecule has 1 aromatic heterocycles. The van der Waals surface area contributed by atoms with E-state index in [1.165, 1.54) is 0 Å². The fourth-order valence-electron chi connectivity index (χ4n) is 1.25. The van der Waals surface area contributed by atoms with Crippen molar-refractivity contribution in [1.29, 1.82) is 0 Å². The van der Waals surface area contributed by atoms with Crippen LogP contribution in [0.25, 0.3) is 0 Å². The molecule has 90 valence electrons. The number of rotatable bonds is 6. The van der Waals surface area contributed by atoms with Crippen LogP contribution in [-0.2, 0) is 11.3 Å². The van der Waals surface area contributed by atoms with E-state index in [2.05, 4.69) is 26.6 Å². The zero-order valence-corrected chi connectivity index (χ0v) is 12.0. The molecule has 1 atom stereocenters. The molecule has 0 bridgehead atoms. The molecule has 1 unspecified atom stereocenters. The maximum absolute atomic E-state index is 11.7. The number of hydrogen-bond donors (Lipinski definition) is 2. The highest BCUT2D eigenvalue weighted by Gasteiger charge is 2.12. The van der Waals surface area contributed by atoms with Gasteiger partial charge in [-0.15, -0.1) is 11.3 Å². The van der Waals surface area contributed by atoms with Crippen LogP contribution in [-0.4, -0.2) is 19.0 Å². The number of hydrogen-bond acceptors (Lipinski definition) is 3. The molecule has 1 rings (SSSR count). The Balaban J connectivity index is 2.32. The van der Waals surface area contributed by atoms with Crippen LogP contribution in [0.4, 0.5) is 0 Å². The van der Waals surface area contributed by atoms with Crippen LogP contribution in [0.3, 0.4) is 0 Å². The number of halogens is 1. The summed E-state index contributed by atoms with van der Waals surface area (Å²) in [5, 5.41) is 8.11. The number of carbonyl (C=O) groups is 1. The van der Waals surface area contributed by atoms with E-state index in [-0.39, 0.29) is 11.8 Å². The Morgan fingerprint density at radius 3 is 2.94 bits per heavy atom. The molecule has 16 heavy (non-hydrogen) atoms. The Hall–Kier alpha value is -0.390. The lowest BCUT2D eigenvalue weighted by atomic mass is 10.1. The highest BCUT2D eigenvalue weighted by Crippen LogP contribution is 2.22. The minimum atomic E-state index is 0.0127. The molecule has 0 spiro atoms. The fraction of sp³-hybridized carbons (Fsp3) is 0.545. The first-order chi connectivity index (χ1) is 7.65. The minimum Gasteiger partial charge on any atom is -0.351 e. The summed E-state index contributed by atoms with van der Waals surface area (Å²) in [6.45, 7) is 6.20. The van der Waals surface area contributed by atoms with Gasteiger partial charge in [0.25, 0.3) is 0 Å². The van der Waals surface area contributed by atoms with Gasteiger partial charge in [-0.3, -0.25) is 4.79 Å². The molecule has 0 radical (unpaired) electrons. The van der Waals surface area contributed by atoms with Gasteiger partial charge in [0, 0.05) is 21.8 Å². The van der Waals surface area contributed by atoms with E-state index in [4.69, 9.17) is 0 Å². The molecule has 1 amide bonds. The number of nitrogens with one attached hydrogen (secondary N) is 2. The average Bonchev–Trinajstić information content (AvgIpc) is 2.68. The molecular weight excluding hydrogens is 288 g/mol. The van der Waals surface area contributed by atoms with E-state index in [1.54, 1.807) is 11.3 Å². The highest BCUT2D eigenvalue weighted by atomic mass is 79.9. The third-order valence-electron chi connectivity index (χ3n) is 2.26. The number of amides is 1. The lowest BCUT2D eigenvalue weighted by Gasteiger charge is -2.11. The molecule has 1 heterocycles. The summed E-state index contributed by atoms with van der Waals surface area (Å²) in [4.78, 5) is 12.9. The average molecular weight is 305 g/mol. The molecule has 0 aromatic carbocycles. The summed E-state index contributed by atoms with van der Waals surface area (Å²) in [7, 11) is 0. The quantitative estimate of drug-likeness (QED) is 0.847. The summed E-state index contributed by atoms with van der Waals surface area (Å²) < 4.78 is 1.07. The van der Waals surface area contributed by atoms with Crippen molar-refractivity contribution < 1.29 is 4.79 Å². The van der Waals surface area contributed by atoms with Crippen LogP contribution < -0.4 is 10.6 Å². The third-order valence-corrected chi connectivity index (χ3v) is 4.19. The maximum atomic E-state index is 11.7. The zero-order valence-electron chi connectivity index (χ0n) is 9.55. The summed E-state index contributed by atoms with van der Waals surface area (Å²) in [6.07, 6.45) is 0. The van der Waals surface area contributed by atoms with Gasteiger partial charge in [-0.05, 0) is 33.9 Å². The standard InChI is InChI=1S/C11H17BrN2OS/c1-3-13-6-8(2)11(15)14-7-10-9(12)4-5-16-10/h4-5,8,13H,3,6-7H2,1-2H3,(H,14,15). The number of carbonyl (C=O) groups excluding carboxylic acids is 1. The fourth-order valence-corrected chi connectivity index (χ4v) is 2.68. The molecule has 0 aliphatic rings. The molecule has 2 N–H and O–H groups in total. The second-order valence-electron chi connectivity index (χ2n) is 3.62. The van der Waals surface area contributed by atoms with Gasteiger partial charge >= 0.3 is 0 Å². The topological polar surface area (TPSA) is 41.1 Å². The Morgan fingerprint density at radius 2 is 2.38 bits per heavy atom. The Bertz CT molecular complexity index is 340. The summed E-state index contributed by atoms with van der Waals surface area (Å²) in [5.74, 6) is 0.111. The number of thiophene rings is 1. The van der Waals surface area contributed by atoms with Crippen molar-refractivity contribution in [3.63, 3.8) is 0 Å². The minimum absolute atomic E-state index is 0.0127. The van der Waals surface area contributed by atoms with E-state index >= 15 is 0 Å². The van der Waals surface area contributed by atoms with Crippen molar-refractivity contribution in [3.05, 3.63) is 20.8 Å². The van der Waals surface area contributed by atoms with Gasteiger partial charge in [0.05, 0.1) is 6.54 Å². The van der Waals surface area contributed by atoms with E-state index < -0.39 is 0 Å². The van der Waals surface area contributed by atoms with Gasteiger partial charge in [0.2, 0.25) is 5.91 Å². The largest absolute Gasteiger partial charge is 0.351 e. The first-order valence-corrected chi connectivity index (χ1v) is 7.02. The van der Waals surface area contributed by atoms with Gasteiger partial charge in [-0.25, -0.2) is 0 Å². The summed E-state index contributed by atoms with van der Waals surface area (Å²) in [6, 6.07) is 1.99. The smallest absolute Gasteiger partial charge is 0.224 e. The summed E-state index contributed by atoms with van der Waals surface area (Å²) in [5.41, 5.74) is 0. The molecule has 0 aliphatic heterocycles. The Morgan fingerprint density at radius 1 is 1.62 bits per heavy atom. The van der Waals surface area contributed by atoms with Crippen molar-refractivity contribution in [3.8, 4) is 0 Å². The van der Waals surface area contributed by atoms with Crippen molar-refractivity contribution in [2.24, 2.45) is 5.92 Å². The molecule has 5 heteroatoms. The molecule has 1 aromatic rings. The van der Waals surface area contributed by atoms with E-state index in [0.717, 1.165) is 22.4 Å². The lowest BCUT2D eigenvalue weighted by molar-refractivity contribution is -0.124. The van der Waals surface area contributed by atoms with Gasteiger partial charge in [0.15, 0.2) is 0 Å². The highest BCUT2D eigenvalue weighted by molar-refractivity contribution is 9.10. The normalized spacial score (nSPS) is 12.4. The molecule has 0 aliphatic carbocycles. The molecule has 0 saturated carbocycles.